The molecule has 220 valence electrons. The van der Waals surface area contributed by atoms with Crippen LogP contribution in [0.2, 0.25) is 0 Å². The molecule has 1 aromatic carbocycles. The van der Waals surface area contributed by atoms with Gasteiger partial charge in [-0.25, -0.2) is 4.79 Å². The predicted molar refractivity (Wildman–Crippen MR) is 154 cm³/mol. The highest BCUT2D eigenvalue weighted by Crippen LogP contribution is 2.35. The van der Waals surface area contributed by atoms with E-state index < -0.39 is 24.3 Å². The molecule has 0 spiro atoms. The van der Waals surface area contributed by atoms with E-state index in [1.807, 2.05) is 70.7 Å². The van der Waals surface area contributed by atoms with Gasteiger partial charge in [0, 0.05) is 55.9 Å². The highest BCUT2D eigenvalue weighted by molar-refractivity contribution is 5.95. The first kappa shape index (κ1) is 31.5. The van der Waals surface area contributed by atoms with Gasteiger partial charge in [-0.05, 0) is 64.8 Å². The molecule has 1 aromatic heterocycles. The van der Waals surface area contributed by atoms with Crippen LogP contribution in [0, 0.1) is 6.92 Å². The number of alkyl halides is 3. The number of rotatable bonds is 8. The molecule has 0 N–H and O–H groups in total. The van der Waals surface area contributed by atoms with E-state index in [1.165, 1.54) is 4.57 Å². The summed E-state index contributed by atoms with van der Waals surface area (Å²) in [6.07, 6.45) is 1.98. The van der Waals surface area contributed by atoms with Crippen LogP contribution < -0.4 is 4.74 Å². The molecular weight excluding hydrogens is 519 g/mol. The topological polar surface area (TPSA) is 46.9 Å². The minimum Gasteiger partial charge on any atom is -0.496 e. The van der Waals surface area contributed by atoms with Crippen molar-refractivity contribution < 1.29 is 27.4 Å². The number of piperazine rings is 1. The highest BCUT2D eigenvalue weighted by atomic mass is 19.4. The lowest BCUT2D eigenvalue weighted by atomic mass is 9.98. The lowest BCUT2D eigenvalue weighted by Gasteiger charge is -2.42. The van der Waals surface area contributed by atoms with Gasteiger partial charge in [0.25, 0.3) is 0 Å². The van der Waals surface area contributed by atoms with Gasteiger partial charge in [-0.2, -0.15) is 13.2 Å². The summed E-state index contributed by atoms with van der Waals surface area (Å²) in [7, 11) is 1.62. The number of methoxy groups -OCH3 is 1. The van der Waals surface area contributed by atoms with Gasteiger partial charge in [0.05, 0.1) is 19.0 Å². The fraction of sp³-hybridized carbons (Fsp3) is 0.516. The largest absolute Gasteiger partial charge is 0.496 e. The van der Waals surface area contributed by atoms with Crippen LogP contribution in [-0.2, 0) is 11.3 Å². The zero-order valence-corrected chi connectivity index (χ0v) is 24.7. The summed E-state index contributed by atoms with van der Waals surface area (Å²) in [5.41, 5.74) is 3.93. The van der Waals surface area contributed by atoms with E-state index >= 15 is 0 Å². The van der Waals surface area contributed by atoms with Crippen LogP contribution in [0.15, 0.2) is 54.3 Å². The lowest BCUT2D eigenvalue weighted by molar-refractivity contribution is -0.139. The number of carbonyl (C=O) groups is 1. The van der Waals surface area contributed by atoms with Crippen LogP contribution in [0.25, 0.3) is 10.9 Å². The van der Waals surface area contributed by atoms with Crippen molar-refractivity contribution in [2.45, 2.75) is 72.3 Å². The van der Waals surface area contributed by atoms with E-state index in [2.05, 4.69) is 11.5 Å². The van der Waals surface area contributed by atoms with Gasteiger partial charge in [0.2, 0.25) is 0 Å². The number of allylic oxidation sites excluding steroid dienone is 3. The van der Waals surface area contributed by atoms with E-state index in [4.69, 9.17) is 9.47 Å². The smallest absolute Gasteiger partial charge is 0.419 e. The Balaban J connectivity index is 2.03. The van der Waals surface area contributed by atoms with Crippen molar-refractivity contribution in [2.24, 2.45) is 0 Å². The summed E-state index contributed by atoms with van der Waals surface area (Å²) in [5, 5.41) is 0.870. The molecule has 1 saturated heterocycles. The lowest BCUT2D eigenvalue weighted by Crippen LogP contribution is -2.53. The molecular formula is C31H42F3N3O3. The average molecular weight is 562 g/mol. The molecule has 0 bridgehead atoms. The zero-order valence-electron chi connectivity index (χ0n) is 24.7. The molecule has 0 saturated carbocycles. The SMILES string of the molecule is C=C/C(=C\C=C(C)C)C1CN(CCC(F)(F)F)CCN1Cc1c(OC)cc(C)c2c1ccn2C(=O)OC(C)(C)C. The van der Waals surface area contributed by atoms with Crippen LogP contribution in [-0.4, -0.2) is 71.6 Å². The number of fused-ring (bicyclic) bond motifs is 1. The Bertz CT molecular complexity index is 1280. The first-order valence-electron chi connectivity index (χ1n) is 13.5. The van der Waals surface area contributed by atoms with Crippen molar-refractivity contribution >= 4 is 17.0 Å². The second-order valence-electron chi connectivity index (χ2n) is 11.6. The molecule has 1 aliphatic rings. The van der Waals surface area contributed by atoms with Gasteiger partial charge < -0.3 is 9.47 Å². The number of nitrogens with zero attached hydrogens (tertiary/aromatic N) is 3. The van der Waals surface area contributed by atoms with Crippen molar-refractivity contribution in [1.29, 1.82) is 0 Å². The molecule has 1 unspecified atom stereocenters. The molecule has 40 heavy (non-hydrogen) atoms. The fourth-order valence-electron chi connectivity index (χ4n) is 5.02. The fourth-order valence-corrected chi connectivity index (χ4v) is 5.02. The van der Waals surface area contributed by atoms with E-state index in [-0.39, 0.29) is 12.6 Å². The monoisotopic (exact) mass is 561 g/mol. The van der Waals surface area contributed by atoms with Crippen LogP contribution in [0.5, 0.6) is 5.75 Å². The van der Waals surface area contributed by atoms with Crippen LogP contribution in [0.4, 0.5) is 18.0 Å². The van der Waals surface area contributed by atoms with Crippen LogP contribution >= 0.6 is 0 Å². The van der Waals surface area contributed by atoms with Crippen molar-refractivity contribution in [1.82, 2.24) is 14.4 Å². The number of hydrogen-bond acceptors (Lipinski definition) is 5. The van der Waals surface area contributed by atoms with Gasteiger partial charge >= 0.3 is 12.3 Å². The van der Waals surface area contributed by atoms with Crippen LogP contribution in [0.1, 0.15) is 52.2 Å². The molecule has 1 fully saturated rings. The molecule has 0 radical (unpaired) electrons. The Morgan fingerprint density at radius 2 is 1.88 bits per heavy atom. The van der Waals surface area contributed by atoms with E-state index in [0.717, 1.165) is 33.2 Å². The van der Waals surface area contributed by atoms with Gasteiger partial charge in [0.15, 0.2) is 0 Å². The highest BCUT2D eigenvalue weighted by Gasteiger charge is 2.33. The third-order valence-corrected chi connectivity index (χ3v) is 6.92. The number of aromatic nitrogens is 1. The van der Waals surface area contributed by atoms with Crippen molar-refractivity contribution in [2.75, 3.05) is 33.3 Å². The molecule has 3 rings (SSSR count). The molecule has 0 aliphatic carbocycles. The molecule has 1 aliphatic heterocycles. The van der Waals surface area contributed by atoms with Gasteiger partial charge in [0.1, 0.15) is 11.4 Å². The maximum absolute atomic E-state index is 13.0. The third kappa shape index (κ3) is 8.01. The molecule has 6 nitrogen and oxygen atoms in total. The van der Waals surface area contributed by atoms with Crippen molar-refractivity contribution in [3.63, 3.8) is 0 Å². The normalized spacial score (nSPS) is 17.6. The second kappa shape index (κ2) is 12.6. The van der Waals surface area contributed by atoms with Crippen molar-refractivity contribution in [3.05, 3.63) is 65.4 Å². The molecule has 2 heterocycles. The standard InChI is InChI=1S/C31H42F3N3O3/c1-9-23(11-10-21(2)3)26-20-35(15-13-31(32,33)34)16-17-36(26)19-25-24-12-14-37(29(38)40-30(5,6)7)28(24)22(4)18-27(25)39-8/h9-12,14,18,26H,1,13,15-17,19-20H2,2-8H3/b23-11+. The molecule has 2 aromatic rings. The van der Waals surface area contributed by atoms with Gasteiger partial charge in [-0.1, -0.05) is 30.4 Å². The summed E-state index contributed by atoms with van der Waals surface area (Å²) in [6, 6.07) is 3.64. The van der Waals surface area contributed by atoms with E-state index in [0.29, 0.717) is 31.9 Å². The number of aryl methyl sites for hydroxylation is 1. The van der Waals surface area contributed by atoms with Gasteiger partial charge in [-0.3, -0.25) is 14.4 Å². The molecule has 9 heteroatoms. The minimum absolute atomic E-state index is 0.0439. The Hall–Kier alpha value is -3.04. The third-order valence-electron chi connectivity index (χ3n) is 6.92. The Kier molecular flexibility index (Phi) is 9.95. The average Bonchev–Trinajstić information content (AvgIpc) is 3.30. The maximum Gasteiger partial charge on any atom is 0.419 e. The quantitative estimate of drug-likeness (QED) is 0.318. The van der Waals surface area contributed by atoms with E-state index in [9.17, 15) is 18.0 Å². The Labute approximate surface area is 235 Å². The van der Waals surface area contributed by atoms with E-state index in [1.54, 1.807) is 19.4 Å². The molecule has 0 amide bonds. The number of carbonyl (C=O) groups excluding carboxylic acids is 1. The Morgan fingerprint density at radius 1 is 1.18 bits per heavy atom. The first-order valence-corrected chi connectivity index (χ1v) is 13.5. The van der Waals surface area contributed by atoms with Gasteiger partial charge in [-0.15, -0.1) is 0 Å². The summed E-state index contributed by atoms with van der Waals surface area (Å²) in [4.78, 5) is 17.1. The predicted octanol–water partition coefficient (Wildman–Crippen LogP) is 7.26. The summed E-state index contributed by atoms with van der Waals surface area (Å²) in [5.74, 6) is 0.693. The number of halogens is 3. The first-order chi connectivity index (χ1) is 18.6. The summed E-state index contributed by atoms with van der Waals surface area (Å²) < 4.78 is 51.9. The van der Waals surface area contributed by atoms with Crippen molar-refractivity contribution in [3.8, 4) is 5.75 Å². The second-order valence-corrected chi connectivity index (χ2v) is 11.6. The zero-order chi connectivity index (χ0) is 29.8. The Morgan fingerprint density at radius 3 is 2.45 bits per heavy atom. The number of hydrogen-bond donors (Lipinski definition) is 0. The number of benzene rings is 1. The molecule has 1 atom stereocenters. The van der Waals surface area contributed by atoms with Crippen LogP contribution in [0.3, 0.4) is 0 Å². The summed E-state index contributed by atoms with van der Waals surface area (Å²) in [6.45, 7) is 17.4. The minimum atomic E-state index is -4.20. The number of ether oxygens (including phenoxy) is 2. The maximum atomic E-state index is 13.0. The summed E-state index contributed by atoms with van der Waals surface area (Å²) >= 11 is 0.